The lowest BCUT2D eigenvalue weighted by atomic mass is 10.0. The number of halogens is 1. The molecule has 0 aliphatic heterocycles. The topological polar surface area (TPSA) is 87.3 Å². The van der Waals surface area contributed by atoms with Crippen LogP contribution in [-0.4, -0.2) is 23.8 Å². The van der Waals surface area contributed by atoms with Crippen molar-refractivity contribution in [2.75, 3.05) is 10.6 Å². The van der Waals surface area contributed by atoms with Crippen LogP contribution in [0.2, 0.25) is 5.02 Å². The molecule has 0 spiro atoms. The van der Waals surface area contributed by atoms with Gasteiger partial charge in [0.15, 0.2) is 0 Å². The molecule has 1 unspecified atom stereocenters. The highest BCUT2D eigenvalue weighted by Crippen LogP contribution is 2.30. The SMILES string of the molecule is O=C(NC(Cc1ccccc1)C(=O)Nc1ccc(NC(=O)C2CC2)cc1)c1ccc(Cl)cc1. The van der Waals surface area contributed by atoms with E-state index >= 15 is 0 Å². The molecule has 3 amide bonds. The lowest BCUT2D eigenvalue weighted by Gasteiger charge is -2.19. The van der Waals surface area contributed by atoms with Gasteiger partial charge < -0.3 is 16.0 Å². The molecule has 0 saturated heterocycles. The quantitative estimate of drug-likeness (QED) is 0.455. The third-order valence-corrected chi connectivity index (χ3v) is 5.63. The first-order valence-electron chi connectivity index (χ1n) is 10.8. The number of hydrogen-bond donors (Lipinski definition) is 3. The first kappa shape index (κ1) is 22.6. The molecule has 4 rings (SSSR count). The van der Waals surface area contributed by atoms with Crippen LogP contribution >= 0.6 is 11.6 Å². The fourth-order valence-electron chi connectivity index (χ4n) is 3.36. The molecule has 1 aliphatic carbocycles. The lowest BCUT2D eigenvalue weighted by Crippen LogP contribution is -2.45. The van der Waals surface area contributed by atoms with Crippen molar-refractivity contribution in [2.45, 2.75) is 25.3 Å². The molecule has 0 radical (unpaired) electrons. The summed E-state index contributed by atoms with van der Waals surface area (Å²) in [6, 6.07) is 22.1. The van der Waals surface area contributed by atoms with Crippen molar-refractivity contribution in [1.29, 1.82) is 0 Å². The zero-order chi connectivity index (χ0) is 23.2. The molecule has 3 N–H and O–H groups in total. The van der Waals surface area contributed by atoms with Gasteiger partial charge in [0.1, 0.15) is 6.04 Å². The summed E-state index contributed by atoms with van der Waals surface area (Å²) in [5, 5.41) is 9.08. The van der Waals surface area contributed by atoms with Crippen LogP contribution in [-0.2, 0) is 16.0 Å². The minimum atomic E-state index is -0.787. The predicted octanol–water partition coefficient (Wildman–Crippen LogP) is 4.67. The molecule has 1 aliphatic rings. The van der Waals surface area contributed by atoms with Crippen molar-refractivity contribution in [3.8, 4) is 0 Å². The van der Waals surface area contributed by atoms with Gasteiger partial charge in [0, 0.05) is 34.3 Å². The smallest absolute Gasteiger partial charge is 0.251 e. The number of hydrogen-bond acceptors (Lipinski definition) is 3. The molecular weight excluding hydrogens is 438 g/mol. The van der Waals surface area contributed by atoms with E-state index in [2.05, 4.69) is 16.0 Å². The number of benzene rings is 3. The number of amides is 3. The van der Waals surface area contributed by atoms with Crippen molar-refractivity contribution in [1.82, 2.24) is 5.32 Å². The van der Waals surface area contributed by atoms with Gasteiger partial charge in [-0.3, -0.25) is 14.4 Å². The molecule has 168 valence electrons. The molecule has 1 atom stereocenters. The van der Waals surface area contributed by atoms with Gasteiger partial charge in [0.2, 0.25) is 11.8 Å². The van der Waals surface area contributed by atoms with Crippen LogP contribution in [0.4, 0.5) is 11.4 Å². The zero-order valence-electron chi connectivity index (χ0n) is 17.9. The van der Waals surface area contributed by atoms with E-state index in [1.807, 2.05) is 30.3 Å². The van der Waals surface area contributed by atoms with Gasteiger partial charge in [-0.05, 0) is 66.9 Å². The second-order valence-electron chi connectivity index (χ2n) is 8.05. The van der Waals surface area contributed by atoms with E-state index in [0.29, 0.717) is 28.4 Å². The van der Waals surface area contributed by atoms with Gasteiger partial charge >= 0.3 is 0 Å². The summed E-state index contributed by atoms with van der Waals surface area (Å²) in [6.45, 7) is 0. The zero-order valence-corrected chi connectivity index (χ0v) is 18.6. The van der Waals surface area contributed by atoms with Gasteiger partial charge in [-0.15, -0.1) is 0 Å². The molecule has 0 heterocycles. The molecule has 3 aromatic carbocycles. The van der Waals surface area contributed by atoms with Crippen LogP contribution < -0.4 is 16.0 Å². The van der Waals surface area contributed by atoms with Crippen LogP contribution in [0.5, 0.6) is 0 Å². The molecule has 6 nitrogen and oxygen atoms in total. The first-order valence-corrected chi connectivity index (χ1v) is 11.2. The Labute approximate surface area is 197 Å². The van der Waals surface area contributed by atoms with Crippen LogP contribution in [0.15, 0.2) is 78.9 Å². The Morgan fingerprint density at radius 1 is 0.818 bits per heavy atom. The van der Waals surface area contributed by atoms with Gasteiger partial charge in [-0.1, -0.05) is 41.9 Å². The van der Waals surface area contributed by atoms with Crippen LogP contribution in [0.3, 0.4) is 0 Å². The molecular formula is C26H24ClN3O3. The Morgan fingerprint density at radius 2 is 1.42 bits per heavy atom. The Bertz CT molecular complexity index is 1130. The standard InChI is InChI=1S/C26H24ClN3O3/c27-20-10-8-19(9-11-20)25(32)30-23(16-17-4-2-1-3-5-17)26(33)29-22-14-12-21(13-15-22)28-24(31)18-6-7-18/h1-5,8-15,18,23H,6-7,16H2,(H,28,31)(H,29,33)(H,30,32). The average Bonchev–Trinajstić information content (AvgIpc) is 3.67. The highest BCUT2D eigenvalue weighted by Gasteiger charge is 2.29. The predicted molar refractivity (Wildman–Crippen MR) is 129 cm³/mol. The summed E-state index contributed by atoms with van der Waals surface area (Å²) in [4.78, 5) is 37.7. The van der Waals surface area contributed by atoms with Gasteiger partial charge in [-0.2, -0.15) is 0 Å². The number of nitrogens with one attached hydrogen (secondary N) is 3. The van der Waals surface area contributed by atoms with E-state index < -0.39 is 6.04 Å². The Hall–Kier alpha value is -3.64. The van der Waals surface area contributed by atoms with Gasteiger partial charge in [-0.25, -0.2) is 0 Å². The lowest BCUT2D eigenvalue weighted by molar-refractivity contribution is -0.118. The van der Waals surface area contributed by atoms with Gasteiger partial charge in [0.25, 0.3) is 5.91 Å². The summed E-state index contributed by atoms with van der Waals surface area (Å²) in [5.74, 6) is -0.552. The van der Waals surface area contributed by atoms with Crippen molar-refractivity contribution >= 4 is 40.7 Å². The van der Waals surface area contributed by atoms with E-state index in [-0.39, 0.29) is 23.6 Å². The largest absolute Gasteiger partial charge is 0.340 e. The van der Waals surface area contributed by atoms with E-state index in [4.69, 9.17) is 11.6 Å². The Kier molecular flexibility index (Phi) is 7.05. The van der Waals surface area contributed by atoms with Crippen molar-refractivity contribution in [2.24, 2.45) is 5.92 Å². The minimum Gasteiger partial charge on any atom is -0.340 e. The number of rotatable bonds is 8. The number of anilines is 2. The van der Waals surface area contributed by atoms with E-state index in [1.54, 1.807) is 48.5 Å². The van der Waals surface area contributed by atoms with Crippen LogP contribution in [0, 0.1) is 5.92 Å². The second-order valence-corrected chi connectivity index (χ2v) is 8.49. The third kappa shape index (κ3) is 6.43. The molecule has 1 fully saturated rings. The van der Waals surface area contributed by atoms with Crippen molar-refractivity contribution < 1.29 is 14.4 Å². The Morgan fingerprint density at radius 3 is 2.03 bits per heavy atom. The molecule has 3 aromatic rings. The molecule has 0 bridgehead atoms. The highest BCUT2D eigenvalue weighted by molar-refractivity contribution is 6.30. The van der Waals surface area contributed by atoms with E-state index in [0.717, 1.165) is 18.4 Å². The highest BCUT2D eigenvalue weighted by atomic mass is 35.5. The van der Waals surface area contributed by atoms with Gasteiger partial charge in [0.05, 0.1) is 0 Å². The Balaban J connectivity index is 1.44. The summed E-state index contributed by atoms with van der Waals surface area (Å²) in [6.07, 6.45) is 2.20. The normalized spacial score (nSPS) is 13.6. The second kappa shape index (κ2) is 10.3. The van der Waals surface area contributed by atoms with E-state index in [9.17, 15) is 14.4 Å². The average molecular weight is 462 g/mol. The van der Waals surface area contributed by atoms with Crippen molar-refractivity contribution in [3.63, 3.8) is 0 Å². The molecule has 33 heavy (non-hydrogen) atoms. The summed E-state index contributed by atoms with van der Waals surface area (Å²) < 4.78 is 0. The molecule has 7 heteroatoms. The summed E-state index contributed by atoms with van der Waals surface area (Å²) in [7, 11) is 0. The van der Waals surface area contributed by atoms with E-state index in [1.165, 1.54) is 0 Å². The third-order valence-electron chi connectivity index (χ3n) is 5.38. The van der Waals surface area contributed by atoms with Crippen LogP contribution in [0.25, 0.3) is 0 Å². The number of carbonyl (C=O) groups is 3. The maximum atomic E-state index is 13.1. The molecule has 1 saturated carbocycles. The first-order chi connectivity index (χ1) is 16.0. The summed E-state index contributed by atoms with van der Waals surface area (Å²) in [5.41, 5.74) is 2.60. The fraction of sp³-hybridized carbons (Fsp3) is 0.192. The summed E-state index contributed by atoms with van der Waals surface area (Å²) >= 11 is 5.91. The monoisotopic (exact) mass is 461 g/mol. The molecule has 0 aromatic heterocycles. The van der Waals surface area contributed by atoms with Crippen molar-refractivity contribution in [3.05, 3.63) is 95.0 Å². The maximum Gasteiger partial charge on any atom is 0.251 e. The maximum absolute atomic E-state index is 13.1. The fourth-order valence-corrected chi connectivity index (χ4v) is 3.48. The van der Waals surface area contributed by atoms with Crippen LogP contribution in [0.1, 0.15) is 28.8 Å². The minimum absolute atomic E-state index is 0.0274. The number of carbonyl (C=O) groups excluding carboxylic acids is 3.